The number of carbonyl (C=O) groups excluding carboxylic acids is 1. The molecule has 0 radical (unpaired) electrons. The third kappa shape index (κ3) is 3.55. The van der Waals surface area contributed by atoms with Crippen LogP contribution in [0, 0.1) is 11.3 Å². The van der Waals surface area contributed by atoms with Crippen molar-refractivity contribution in [2.75, 3.05) is 6.61 Å². The lowest BCUT2D eigenvalue weighted by Crippen LogP contribution is -2.09. The summed E-state index contributed by atoms with van der Waals surface area (Å²) in [5, 5.41) is 28.5. The number of nitriles is 1. The van der Waals surface area contributed by atoms with Gasteiger partial charge in [0, 0.05) is 0 Å². The summed E-state index contributed by atoms with van der Waals surface area (Å²) < 4.78 is 5.04. The molecule has 2 aromatic carbocycles. The van der Waals surface area contributed by atoms with E-state index in [4.69, 9.17) is 9.84 Å². The summed E-state index contributed by atoms with van der Waals surface area (Å²) in [4.78, 5) is 19.2. The number of aliphatic hydroxyl groups excluding tert-OH is 2. The molecule has 0 saturated heterocycles. The normalized spacial score (nSPS) is 11.7. The second-order valence-electron chi connectivity index (χ2n) is 5.47. The van der Waals surface area contributed by atoms with Crippen molar-refractivity contribution in [3.8, 4) is 6.07 Å². The number of nitrogens with one attached hydrogen (secondary N) is 1. The number of carbonyl (C=O) groups is 1. The van der Waals surface area contributed by atoms with Gasteiger partial charge in [-0.15, -0.1) is 0 Å². The number of imidazole rings is 1. The molecule has 7 heteroatoms. The molecule has 1 aromatic heterocycles. The Bertz CT molecular complexity index is 980. The number of aromatic amines is 1. The van der Waals surface area contributed by atoms with E-state index in [1.54, 1.807) is 24.3 Å². The van der Waals surface area contributed by atoms with Gasteiger partial charge in [0.15, 0.2) is 11.6 Å². The van der Waals surface area contributed by atoms with E-state index in [-0.39, 0.29) is 23.6 Å². The monoisotopic (exact) mass is 349 g/mol. The fraction of sp³-hybridized carbons (Fsp3) is 0.105. The fourth-order valence-corrected chi connectivity index (χ4v) is 2.36. The van der Waals surface area contributed by atoms with Crippen molar-refractivity contribution in [1.29, 1.82) is 5.26 Å². The predicted molar refractivity (Wildman–Crippen MR) is 93.9 cm³/mol. The number of aromatic nitrogens is 2. The summed E-state index contributed by atoms with van der Waals surface area (Å²) in [6.45, 7) is -0.581. The fourth-order valence-electron chi connectivity index (χ4n) is 2.36. The summed E-state index contributed by atoms with van der Waals surface area (Å²) in [5.41, 5.74) is 2.23. The highest BCUT2D eigenvalue weighted by molar-refractivity contribution is 5.89. The van der Waals surface area contributed by atoms with Crippen LogP contribution in [0.15, 0.2) is 54.3 Å². The van der Waals surface area contributed by atoms with Crippen molar-refractivity contribution in [3.05, 3.63) is 71.2 Å². The van der Waals surface area contributed by atoms with Crippen LogP contribution in [0.25, 0.3) is 16.6 Å². The Morgan fingerprint density at radius 1 is 1.19 bits per heavy atom. The maximum atomic E-state index is 12.0. The van der Waals surface area contributed by atoms with E-state index in [0.29, 0.717) is 11.1 Å². The summed E-state index contributed by atoms with van der Waals surface area (Å²) in [6.07, 6.45) is 0. The topological polar surface area (TPSA) is 119 Å². The van der Waals surface area contributed by atoms with E-state index in [2.05, 4.69) is 9.97 Å². The molecular formula is C19H15N3O4. The van der Waals surface area contributed by atoms with Gasteiger partial charge in [-0.25, -0.2) is 9.78 Å². The molecule has 0 spiro atoms. The van der Waals surface area contributed by atoms with Crippen LogP contribution in [0.5, 0.6) is 0 Å². The molecule has 3 N–H and O–H groups in total. The third-order valence-electron chi connectivity index (χ3n) is 3.74. The Balaban J connectivity index is 1.76. The summed E-state index contributed by atoms with van der Waals surface area (Å²) in [6, 6.07) is 15.3. The van der Waals surface area contributed by atoms with Crippen molar-refractivity contribution in [1.82, 2.24) is 9.97 Å². The Kier molecular flexibility index (Phi) is 4.97. The molecule has 0 aliphatic rings. The molecule has 0 amide bonds. The zero-order valence-electron chi connectivity index (χ0n) is 13.6. The molecule has 26 heavy (non-hydrogen) atoms. The van der Waals surface area contributed by atoms with E-state index in [9.17, 15) is 15.2 Å². The Morgan fingerprint density at radius 2 is 1.92 bits per heavy atom. The van der Waals surface area contributed by atoms with Crippen molar-refractivity contribution < 1.29 is 19.7 Å². The van der Waals surface area contributed by atoms with Gasteiger partial charge in [-0.1, -0.05) is 24.3 Å². The Labute approximate surface area is 148 Å². The minimum absolute atomic E-state index is 0.0929. The number of aliphatic hydroxyl groups is 2. The van der Waals surface area contributed by atoms with Crippen LogP contribution >= 0.6 is 0 Å². The second kappa shape index (κ2) is 7.51. The van der Waals surface area contributed by atoms with Crippen molar-refractivity contribution in [2.24, 2.45) is 0 Å². The number of esters is 1. The number of ether oxygens (including phenoxy) is 1. The van der Waals surface area contributed by atoms with E-state index >= 15 is 0 Å². The maximum Gasteiger partial charge on any atom is 0.338 e. The molecule has 0 bridgehead atoms. The number of rotatable bonds is 5. The van der Waals surface area contributed by atoms with Gasteiger partial charge in [-0.2, -0.15) is 5.26 Å². The van der Waals surface area contributed by atoms with Gasteiger partial charge in [0.25, 0.3) is 0 Å². The van der Waals surface area contributed by atoms with E-state index < -0.39 is 18.3 Å². The average Bonchev–Trinajstić information content (AvgIpc) is 3.10. The standard InChI is InChI=1S/C19H15N3O4/c20-9-14(18-21-15-3-1-2-4-16(15)22-18)17(24)11-26-19(25)13-7-5-12(10-23)6-8-13/h1-8,23-24H,10-11H2,(H,21,22)/b17-14-. The lowest BCUT2D eigenvalue weighted by Gasteiger charge is -2.06. The highest BCUT2D eigenvalue weighted by Gasteiger charge is 2.15. The molecule has 0 aliphatic heterocycles. The largest absolute Gasteiger partial charge is 0.507 e. The van der Waals surface area contributed by atoms with Crippen molar-refractivity contribution in [3.63, 3.8) is 0 Å². The molecule has 130 valence electrons. The van der Waals surface area contributed by atoms with Crippen LogP contribution in [0.2, 0.25) is 0 Å². The number of H-pyrrole nitrogens is 1. The van der Waals surface area contributed by atoms with Crippen LogP contribution in [-0.2, 0) is 11.3 Å². The summed E-state index contributed by atoms with van der Waals surface area (Å²) in [7, 11) is 0. The minimum atomic E-state index is -0.650. The lowest BCUT2D eigenvalue weighted by atomic mass is 10.1. The highest BCUT2D eigenvalue weighted by atomic mass is 16.5. The number of fused-ring (bicyclic) bond motifs is 1. The van der Waals surface area contributed by atoms with E-state index in [1.165, 1.54) is 12.1 Å². The Morgan fingerprint density at radius 3 is 2.58 bits per heavy atom. The second-order valence-corrected chi connectivity index (χ2v) is 5.47. The predicted octanol–water partition coefficient (Wildman–Crippen LogP) is 2.70. The minimum Gasteiger partial charge on any atom is -0.507 e. The third-order valence-corrected chi connectivity index (χ3v) is 3.74. The van der Waals surface area contributed by atoms with Gasteiger partial charge < -0.3 is 19.9 Å². The molecule has 0 fully saturated rings. The van der Waals surface area contributed by atoms with Gasteiger partial charge >= 0.3 is 5.97 Å². The number of para-hydroxylation sites is 2. The molecule has 0 atom stereocenters. The number of hydrogen-bond acceptors (Lipinski definition) is 6. The maximum absolute atomic E-state index is 12.0. The van der Waals surface area contributed by atoms with Gasteiger partial charge in [-0.05, 0) is 29.8 Å². The van der Waals surface area contributed by atoms with E-state index in [0.717, 1.165) is 5.52 Å². The quantitative estimate of drug-likeness (QED) is 0.370. The van der Waals surface area contributed by atoms with Crippen LogP contribution in [-0.4, -0.2) is 32.8 Å². The van der Waals surface area contributed by atoms with Crippen LogP contribution in [0.4, 0.5) is 0 Å². The van der Waals surface area contributed by atoms with Crippen LogP contribution in [0.3, 0.4) is 0 Å². The average molecular weight is 349 g/mol. The van der Waals surface area contributed by atoms with Crippen LogP contribution < -0.4 is 0 Å². The molecule has 0 aliphatic carbocycles. The first-order valence-corrected chi connectivity index (χ1v) is 7.76. The zero-order valence-corrected chi connectivity index (χ0v) is 13.6. The van der Waals surface area contributed by atoms with Gasteiger partial charge in [-0.3, -0.25) is 0 Å². The molecular weight excluding hydrogens is 334 g/mol. The van der Waals surface area contributed by atoms with Gasteiger partial charge in [0.05, 0.1) is 23.2 Å². The molecule has 0 saturated carbocycles. The highest BCUT2D eigenvalue weighted by Crippen LogP contribution is 2.19. The first-order valence-electron chi connectivity index (χ1n) is 7.76. The number of nitrogens with zero attached hydrogens (tertiary/aromatic N) is 2. The molecule has 7 nitrogen and oxygen atoms in total. The molecule has 0 unspecified atom stereocenters. The number of hydrogen-bond donors (Lipinski definition) is 3. The van der Waals surface area contributed by atoms with Crippen LogP contribution in [0.1, 0.15) is 21.7 Å². The molecule has 3 rings (SSSR count). The van der Waals surface area contributed by atoms with Gasteiger partial charge in [0.2, 0.25) is 0 Å². The zero-order chi connectivity index (χ0) is 18.5. The first kappa shape index (κ1) is 17.2. The Hall–Kier alpha value is -3.63. The van der Waals surface area contributed by atoms with Crippen molar-refractivity contribution >= 4 is 22.6 Å². The summed E-state index contributed by atoms with van der Waals surface area (Å²) >= 11 is 0. The SMILES string of the molecule is N#C/C(=C(/O)COC(=O)c1ccc(CO)cc1)c1nc2ccccc2[nH]1. The lowest BCUT2D eigenvalue weighted by molar-refractivity contribution is 0.0502. The number of allylic oxidation sites excluding steroid dienone is 1. The van der Waals surface area contributed by atoms with E-state index in [1.807, 2.05) is 18.2 Å². The smallest absolute Gasteiger partial charge is 0.338 e. The first-order chi connectivity index (χ1) is 12.6. The van der Waals surface area contributed by atoms with Crippen molar-refractivity contribution in [2.45, 2.75) is 6.61 Å². The summed E-state index contributed by atoms with van der Waals surface area (Å²) in [5.74, 6) is -0.843. The van der Waals surface area contributed by atoms with Gasteiger partial charge in [0.1, 0.15) is 18.2 Å². The molecule has 3 aromatic rings. The molecule has 1 heterocycles. The number of benzene rings is 2.